The summed E-state index contributed by atoms with van der Waals surface area (Å²) in [6, 6.07) is 21.0. The molecule has 2 N–H and O–H groups in total. The fraction of sp³-hybridized carbons (Fsp3) is 0.0909. The fourth-order valence-electron chi connectivity index (χ4n) is 2.79. The van der Waals surface area contributed by atoms with Crippen LogP contribution in [0.3, 0.4) is 0 Å². The molecule has 2 amide bonds. The van der Waals surface area contributed by atoms with Crippen LogP contribution in [0.25, 0.3) is 0 Å². The molecule has 0 aliphatic carbocycles. The lowest BCUT2D eigenvalue weighted by atomic mass is 10.1. The van der Waals surface area contributed by atoms with Crippen LogP contribution in [0.1, 0.15) is 15.9 Å². The van der Waals surface area contributed by atoms with Crippen molar-refractivity contribution in [2.75, 3.05) is 11.4 Å². The Morgan fingerprint density at radius 3 is 2.32 bits per heavy atom. The van der Waals surface area contributed by atoms with Gasteiger partial charge in [0.15, 0.2) is 0 Å². The molecular weight excluding hydrogens is 438 g/mol. The molecule has 0 unspecified atom stereocenters. The molecule has 31 heavy (non-hydrogen) atoms. The zero-order valence-corrected chi connectivity index (χ0v) is 18.2. The third-order valence-corrected chi connectivity index (χ3v) is 6.47. The average Bonchev–Trinajstić information content (AvgIpc) is 2.77. The zero-order valence-electron chi connectivity index (χ0n) is 16.6. The van der Waals surface area contributed by atoms with Crippen LogP contribution in [-0.2, 0) is 21.2 Å². The molecule has 160 valence electrons. The van der Waals surface area contributed by atoms with Crippen molar-refractivity contribution in [2.45, 2.75) is 11.3 Å². The highest BCUT2D eigenvalue weighted by Crippen LogP contribution is 2.25. The fourth-order valence-corrected chi connectivity index (χ4v) is 4.21. The number of rotatable bonds is 6. The summed E-state index contributed by atoms with van der Waals surface area (Å²) in [5.74, 6) is -1.03. The summed E-state index contributed by atoms with van der Waals surface area (Å²) >= 11 is 5.95. The molecule has 0 aliphatic heterocycles. The number of hydrogen-bond acceptors (Lipinski definition) is 4. The van der Waals surface area contributed by atoms with Crippen molar-refractivity contribution < 1.29 is 18.0 Å². The first kappa shape index (κ1) is 22.3. The van der Waals surface area contributed by atoms with Crippen LogP contribution in [-0.4, -0.2) is 27.3 Å². The molecule has 0 saturated heterocycles. The van der Waals surface area contributed by atoms with Gasteiger partial charge in [-0.1, -0.05) is 54.1 Å². The Morgan fingerprint density at radius 2 is 1.61 bits per heavy atom. The van der Waals surface area contributed by atoms with E-state index < -0.39 is 21.8 Å². The number of sulfonamides is 1. The lowest BCUT2D eigenvalue weighted by Crippen LogP contribution is -2.42. The smallest absolute Gasteiger partial charge is 0.269 e. The summed E-state index contributed by atoms with van der Waals surface area (Å²) in [6.45, 7) is 0. The van der Waals surface area contributed by atoms with E-state index in [0.717, 1.165) is 9.87 Å². The van der Waals surface area contributed by atoms with Gasteiger partial charge in [-0.05, 0) is 42.0 Å². The van der Waals surface area contributed by atoms with Gasteiger partial charge in [-0.3, -0.25) is 24.7 Å². The SMILES string of the molecule is CN(c1cccc(Cl)c1)S(=O)(=O)c1cccc(C(=O)NNC(=O)Cc2ccccc2)c1. The van der Waals surface area contributed by atoms with Gasteiger partial charge in [-0.2, -0.15) is 0 Å². The molecule has 3 rings (SSSR count). The lowest BCUT2D eigenvalue weighted by molar-refractivity contribution is -0.121. The monoisotopic (exact) mass is 457 g/mol. The number of benzene rings is 3. The van der Waals surface area contributed by atoms with Crippen LogP contribution in [0.2, 0.25) is 5.02 Å². The highest BCUT2D eigenvalue weighted by Gasteiger charge is 2.22. The summed E-state index contributed by atoms with van der Waals surface area (Å²) < 4.78 is 27.0. The molecule has 0 aromatic heterocycles. The minimum Gasteiger partial charge on any atom is -0.273 e. The van der Waals surface area contributed by atoms with E-state index in [9.17, 15) is 18.0 Å². The first-order chi connectivity index (χ1) is 14.8. The molecule has 7 nitrogen and oxygen atoms in total. The predicted octanol–water partition coefficient (Wildman–Crippen LogP) is 3.17. The molecule has 0 saturated carbocycles. The van der Waals surface area contributed by atoms with E-state index in [1.54, 1.807) is 30.3 Å². The van der Waals surface area contributed by atoms with E-state index in [2.05, 4.69) is 10.9 Å². The van der Waals surface area contributed by atoms with Crippen molar-refractivity contribution in [1.82, 2.24) is 10.9 Å². The molecule has 0 aliphatic rings. The number of hydrogen-bond donors (Lipinski definition) is 2. The van der Waals surface area contributed by atoms with Gasteiger partial charge in [0.1, 0.15) is 0 Å². The standard InChI is InChI=1S/C22H20ClN3O4S/c1-26(19-11-6-10-18(23)15-19)31(29,30)20-12-5-9-17(14-20)22(28)25-24-21(27)13-16-7-3-2-4-8-16/h2-12,14-15H,13H2,1H3,(H,24,27)(H,25,28). The highest BCUT2D eigenvalue weighted by molar-refractivity contribution is 7.92. The van der Waals surface area contributed by atoms with Crippen LogP contribution in [0.4, 0.5) is 5.69 Å². The molecule has 0 heterocycles. The van der Waals surface area contributed by atoms with Crippen LogP contribution >= 0.6 is 11.6 Å². The van der Waals surface area contributed by atoms with E-state index >= 15 is 0 Å². The minimum atomic E-state index is -3.93. The van der Waals surface area contributed by atoms with E-state index in [0.29, 0.717) is 10.7 Å². The maximum absolute atomic E-state index is 13.0. The van der Waals surface area contributed by atoms with Crippen molar-refractivity contribution in [3.05, 3.63) is 95.0 Å². The Labute approximate surface area is 185 Å². The Bertz CT molecular complexity index is 1200. The lowest BCUT2D eigenvalue weighted by Gasteiger charge is -2.20. The maximum atomic E-state index is 13.0. The number of carbonyl (C=O) groups is 2. The number of nitrogens with zero attached hydrogens (tertiary/aromatic N) is 1. The molecule has 0 fully saturated rings. The Hall–Kier alpha value is -3.36. The van der Waals surface area contributed by atoms with Gasteiger partial charge in [0.2, 0.25) is 5.91 Å². The molecule has 3 aromatic rings. The summed E-state index contributed by atoms with van der Waals surface area (Å²) in [5.41, 5.74) is 5.90. The van der Waals surface area contributed by atoms with Crippen molar-refractivity contribution in [3.63, 3.8) is 0 Å². The van der Waals surface area contributed by atoms with Gasteiger partial charge in [0.25, 0.3) is 15.9 Å². The van der Waals surface area contributed by atoms with Gasteiger partial charge in [-0.15, -0.1) is 0 Å². The Balaban J connectivity index is 1.70. The molecule has 0 spiro atoms. The van der Waals surface area contributed by atoms with Crippen LogP contribution in [0.5, 0.6) is 0 Å². The third kappa shape index (κ3) is 5.62. The number of anilines is 1. The number of hydrazine groups is 1. The molecular formula is C22H20ClN3O4S. The van der Waals surface area contributed by atoms with Crippen LogP contribution in [0.15, 0.2) is 83.8 Å². The second-order valence-corrected chi connectivity index (χ2v) is 9.05. The number of carbonyl (C=O) groups excluding carboxylic acids is 2. The van der Waals surface area contributed by atoms with Gasteiger partial charge in [0, 0.05) is 17.6 Å². The average molecular weight is 458 g/mol. The molecule has 3 aromatic carbocycles. The normalized spacial score (nSPS) is 10.9. The topological polar surface area (TPSA) is 95.6 Å². The summed E-state index contributed by atoms with van der Waals surface area (Å²) in [4.78, 5) is 24.4. The zero-order chi connectivity index (χ0) is 22.4. The molecule has 0 atom stereocenters. The van der Waals surface area contributed by atoms with Crippen molar-refractivity contribution in [1.29, 1.82) is 0 Å². The predicted molar refractivity (Wildman–Crippen MR) is 119 cm³/mol. The second kappa shape index (κ2) is 9.63. The van der Waals surface area contributed by atoms with E-state index in [4.69, 9.17) is 11.6 Å². The van der Waals surface area contributed by atoms with Crippen molar-refractivity contribution in [3.8, 4) is 0 Å². The van der Waals surface area contributed by atoms with Gasteiger partial charge in [0.05, 0.1) is 17.0 Å². The first-order valence-corrected chi connectivity index (χ1v) is 11.1. The van der Waals surface area contributed by atoms with Crippen LogP contribution < -0.4 is 15.2 Å². The van der Waals surface area contributed by atoms with Gasteiger partial charge >= 0.3 is 0 Å². The molecule has 0 bridgehead atoms. The Kier molecular flexibility index (Phi) is 6.94. The highest BCUT2D eigenvalue weighted by atomic mass is 35.5. The van der Waals surface area contributed by atoms with Gasteiger partial charge < -0.3 is 0 Å². The van der Waals surface area contributed by atoms with Crippen LogP contribution in [0, 0.1) is 0 Å². The minimum absolute atomic E-state index is 0.0711. The number of halogens is 1. The third-order valence-electron chi connectivity index (χ3n) is 4.45. The maximum Gasteiger partial charge on any atom is 0.269 e. The van der Waals surface area contributed by atoms with E-state index in [1.807, 2.05) is 18.2 Å². The number of nitrogens with one attached hydrogen (secondary N) is 2. The largest absolute Gasteiger partial charge is 0.273 e. The quantitative estimate of drug-likeness (QED) is 0.556. The van der Waals surface area contributed by atoms with E-state index in [-0.39, 0.29) is 16.9 Å². The Morgan fingerprint density at radius 1 is 0.903 bits per heavy atom. The van der Waals surface area contributed by atoms with Crippen molar-refractivity contribution in [2.24, 2.45) is 0 Å². The van der Waals surface area contributed by atoms with Gasteiger partial charge in [-0.25, -0.2) is 8.42 Å². The van der Waals surface area contributed by atoms with E-state index in [1.165, 1.54) is 37.4 Å². The summed E-state index contributed by atoms with van der Waals surface area (Å²) in [5, 5.41) is 0.402. The first-order valence-electron chi connectivity index (χ1n) is 9.25. The molecule has 0 radical (unpaired) electrons. The summed E-state index contributed by atoms with van der Waals surface area (Å²) in [7, 11) is -2.53. The second-order valence-electron chi connectivity index (χ2n) is 6.64. The van der Waals surface area contributed by atoms with Crippen molar-refractivity contribution >= 4 is 39.1 Å². The summed E-state index contributed by atoms with van der Waals surface area (Å²) in [6.07, 6.45) is 0.0972. The number of amides is 2. The molecule has 9 heteroatoms.